The highest BCUT2D eigenvalue weighted by atomic mass is 32.1. The van der Waals surface area contributed by atoms with Crippen LogP contribution in [0.5, 0.6) is 0 Å². The van der Waals surface area contributed by atoms with E-state index in [0.29, 0.717) is 0 Å². The first-order valence-electron chi connectivity index (χ1n) is 2.26. The van der Waals surface area contributed by atoms with Gasteiger partial charge in [0.15, 0.2) is 0 Å². The molecule has 0 bridgehead atoms. The molecule has 35 valence electrons. The minimum Gasteiger partial charge on any atom is -0.0837 e. The van der Waals surface area contributed by atoms with Gasteiger partial charge in [-0.2, -0.15) is 0 Å². The number of rotatable bonds is 3. The average Bonchev–Trinajstić information content (AvgIpc) is 1.61. The Morgan fingerprint density at radius 1 is 1.67 bits per heavy atom. The number of hydrogen-bond donors (Lipinski definition) is 0. The summed E-state index contributed by atoms with van der Waals surface area (Å²) < 4.78 is 0. The van der Waals surface area contributed by atoms with Gasteiger partial charge in [-0.25, -0.2) is 0 Å². The van der Waals surface area contributed by atoms with Gasteiger partial charge in [-0.1, -0.05) is 25.6 Å². The summed E-state index contributed by atoms with van der Waals surface area (Å²) >= 11 is 4.47. The van der Waals surface area contributed by atoms with Gasteiger partial charge < -0.3 is 0 Å². The Labute approximate surface area is 44.6 Å². The average molecular weight is 101 g/mol. The van der Waals surface area contributed by atoms with E-state index in [0.717, 1.165) is 6.42 Å². The third kappa shape index (κ3) is 4.09. The molecule has 0 heterocycles. The number of hydrogen-bond acceptors (Lipinski definition) is 1. The molecule has 6 heavy (non-hydrogen) atoms. The van der Waals surface area contributed by atoms with Crippen LogP contribution in [0.2, 0.25) is 0 Å². The van der Waals surface area contributed by atoms with E-state index in [-0.39, 0.29) is 0 Å². The second-order valence-corrected chi connectivity index (χ2v) is 1.54. The number of thiocarbonyl (C=S) groups is 1. The third-order valence-corrected chi connectivity index (χ3v) is 0.837. The smallest absolute Gasteiger partial charge is 0.0291 e. The van der Waals surface area contributed by atoms with Crippen LogP contribution in [0.25, 0.3) is 0 Å². The molecule has 0 aliphatic heterocycles. The predicted molar refractivity (Wildman–Crippen MR) is 32.1 cm³/mol. The highest BCUT2D eigenvalue weighted by molar-refractivity contribution is 7.78. The van der Waals surface area contributed by atoms with Gasteiger partial charge in [0.05, 0.1) is 0 Å². The summed E-state index contributed by atoms with van der Waals surface area (Å²) in [6, 6.07) is 0. The van der Waals surface area contributed by atoms with Crippen molar-refractivity contribution in [3.05, 3.63) is 0 Å². The third-order valence-electron chi connectivity index (χ3n) is 0.632. The zero-order valence-corrected chi connectivity index (χ0v) is 4.85. The maximum absolute atomic E-state index is 4.47. The van der Waals surface area contributed by atoms with E-state index in [1.807, 2.05) is 0 Å². The van der Waals surface area contributed by atoms with Gasteiger partial charge in [0, 0.05) is 5.37 Å². The molecule has 0 aromatic carbocycles. The van der Waals surface area contributed by atoms with Gasteiger partial charge in [-0.3, -0.25) is 0 Å². The van der Waals surface area contributed by atoms with E-state index in [2.05, 4.69) is 24.5 Å². The lowest BCUT2D eigenvalue weighted by Crippen LogP contribution is -1.67. The van der Waals surface area contributed by atoms with Gasteiger partial charge in [0.1, 0.15) is 0 Å². The molecular weight excluding hydrogens is 92.1 g/mol. The molecule has 0 aromatic rings. The minimum atomic E-state index is 0.978. The molecule has 0 unspecified atom stereocenters. The van der Waals surface area contributed by atoms with Crippen LogP contribution in [0.4, 0.5) is 0 Å². The van der Waals surface area contributed by atoms with E-state index < -0.39 is 0 Å². The van der Waals surface area contributed by atoms with Crippen molar-refractivity contribution in [1.29, 1.82) is 0 Å². The van der Waals surface area contributed by atoms with Crippen LogP contribution >= 0.6 is 12.2 Å². The molecule has 0 aliphatic carbocycles. The summed E-state index contributed by atoms with van der Waals surface area (Å²) in [5, 5.41) is 2.65. The first-order valence-corrected chi connectivity index (χ1v) is 2.67. The van der Waals surface area contributed by atoms with Crippen molar-refractivity contribution in [2.75, 3.05) is 0 Å². The highest BCUT2D eigenvalue weighted by Gasteiger charge is 1.73. The monoisotopic (exact) mass is 101 g/mol. The van der Waals surface area contributed by atoms with Crippen molar-refractivity contribution >= 4 is 17.6 Å². The summed E-state index contributed by atoms with van der Waals surface area (Å²) in [5.41, 5.74) is 0. The van der Waals surface area contributed by atoms with Crippen LogP contribution in [0.1, 0.15) is 26.2 Å². The molecule has 0 N–H and O–H groups in total. The van der Waals surface area contributed by atoms with Crippen molar-refractivity contribution < 1.29 is 0 Å². The van der Waals surface area contributed by atoms with E-state index in [9.17, 15) is 0 Å². The molecule has 0 saturated heterocycles. The molecule has 0 saturated carbocycles. The van der Waals surface area contributed by atoms with Crippen LogP contribution in [-0.2, 0) is 0 Å². The summed E-state index contributed by atoms with van der Waals surface area (Å²) in [6.07, 6.45) is 3.40. The van der Waals surface area contributed by atoms with Crippen LogP contribution in [-0.4, -0.2) is 5.37 Å². The molecule has 0 amide bonds. The Morgan fingerprint density at radius 2 is 2.33 bits per heavy atom. The van der Waals surface area contributed by atoms with E-state index in [4.69, 9.17) is 0 Å². The fourth-order valence-corrected chi connectivity index (χ4v) is 0.393. The van der Waals surface area contributed by atoms with E-state index in [1.165, 1.54) is 12.8 Å². The van der Waals surface area contributed by atoms with Gasteiger partial charge in [-0.15, -0.1) is 0 Å². The van der Waals surface area contributed by atoms with Crippen LogP contribution in [0.3, 0.4) is 0 Å². The van der Waals surface area contributed by atoms with E-state index >= 15 is 0 Å². The standard InChI is InChI=1S/C5H9S/c1-2-3-4-5-6/h2-4H2,1H3. The quantitative estimate of drug-likeness (QED) is 0.387. The first-order chi connectivity index (χ1) is 2.91. The molecule has 0 atom stereocenters. The Morgan fingerprint density at radius 3 is 2.50 bits per heavy atom. The molecule has 0 spiro atoms. The van der Waals surface area contributed by atoms with Gasteiger partial charge in [-0.05, 0) is 12.8 Å². The first kappa shape index (κ1) is 6.09. The number of unbranched alkanes of at least 4 members (excludes halogenated alkanes) is 2. The molecular formula is C5H9S. The Bertz CT molecular complexity index is 32.9. The summed E-state index contributed by atoms with van der Waals surface area (Å²) in [5.74, 6) is 0. The normalized spacial score (nSPS) is 8.17. The lowest BCUT2D eigenvalue weighted by atomic mass is 10.3. The van der Waals surface area contributed by atoms with E-state index in [1.54, 1.807) is 0 Å². The minimum absolute atomic E-state index is 0.978. The molecule has 0 aliphatic rings. The van der Waals surface area contributed by atoms with Gasteiger partial charge >= 0.3 is 0 Å². The van der Waals surface area contributed by atoms with Crippen LogP contribution in [0.15, 0.2) is 0 Å². The fourth-order valence-electron chi connectivity index (χ4n) is 0.249. The highest BCUT2D eigenvalue weighted by Crippen LogP contribution is 1.88. The SMILES string of the molecule is CCCC[C]=S. The topological polar surface area (TPSA) is 0 Å². The van der Waals surface area contributed by atoms with Crippen LogP contribution < -0.4 is 0 Å². The molecule has 1 heteroatoms. The Kier molecular flexibility index (Phi) is 5.17. The summed E-state index contributed by atoms with van der Waals surface area (Å²) in [4.78, 5) is 0. The zero-order valence-electron chi connectivity index (χ0n) is 4.03. The summed E-state index contributed by atoms with van der Waals surface area (Å²) in [7, 11) is 0. The van der Waals surface area contributed by atoms with Gasteiger partial charge in [0.25, 0.3) is 0 Å². The van der Waals surface area contributed by atoms with Crippen molar-refractivity contribution in [2.45, 2.75) is 26.2 Å². The lowest BCUT2D eigenvalue weighted by molar-refractivity contribution is 0.847. The molecule has 0 aromatic heterocycles. The maximum Gasteiger partial charge on any atom is 0.0291 e. The maximum atomic E-state index is 4.47. The van der Waals surface area contributed by atoms with Crippen molar-refractivity contribution in [2.24, 2.45) is 0 Å². The Hall–Kier alpha value is 0.0900. The second kappa shape index (κ2) is 5.09. The largest absolute Gasteiger partial charge is 0.0837 e. The lowest BCUT2D eigenvalue weighted by Gasteiger charge is -1.80. The van der Waals surface area contributed by atoms with Crippen LogP contribution in [0, 0.1) is 0 Å². The molecule has 1 radical (unpaired) electrons. The van der Waals surface area contributed by atoms with Crippen molar-refractivity contribution in [1.82, 2.24) is 0 Å². The molecule has 0 fully saturated rings. The molecule has 0 nitrogen and oxygen atoms in total. The zero-order chi connectivity index (χ0) is 4.83. The second-order valence-electron chi connectivity index (χ2n) is 1.25. The predicted octanol–water partition coefficient (Wildman–Crippen LogP) is 2.05. The van der Waals surface area contributed by atoms with Crippen molar-refractivity contribution in [3.8, 4) is 0 Å². The van der Waals surface area contributed by atoms with Gasteiger partial charge in [0.2, 0.25) is 0 Å². The Balaban J connectivity index is 2.49. The summed E-state index contributed by atoms with van der Waals surface area (Å²) in [6.45, 7) is 2.15. The fraction of sp³-hybridized carbons (Fsp3) is 0.800. The van der Waals surface area contributed by atoms with Crippen molar-refractivity contribution in [3.63, 3.8) is 0 Å². The molecule has 0 rings (SSSR count).